The van der Waals surface area contributed by atoms with Crippen molar-refractivity contribution in [2.24, 2.45) is 5.92 Å². The van der Waals surface area contributed by atoms with Gasteiger partial charge in [-0.25, -0.2) is 4.79 Å². The molecular weight excluding hydrogens is 218 g/mol. The summed E-state index contributed by atoms with van der Waals surface area (Å²) in [6, 6.07) is 10.0. The van der Waals surface area contributed by atoms with Gasteiger partial charge >= 0.3 is 6.09 Å². The van der Waals surface area contributed by atoms with Crippen molar-refractivity contribution in [2.75, 3.05) is 13.2 Å². The van der Waals surface area contributed by atoms with Crippen molar-refractivity contribution in [1.82, 2.24) is 5.32 Å². The van der Waals surface area contributed by atoms with Crippen LogP contribution in [0.15, 0.2) is 30.3 Å². The summed E-state index contributed by atoms with van der Waals surface area (Å²) in [4.78, 5) is 10.4. The number of carboxylic acid groups (broad SMARTS) is 1. The molecule has 1 saturated carbocycles. The quantitative estimate of drug-likeness (QED) is 0.726. The number of benzene rings is 1. The molecule has 1 amide bonds. The van der Waals surface area contributed by atoms with Gasteiger partial charge in [-0.3, -0.25) is 0 Å². The minimum absolute atomic E-state index is 0.0293. The van der Waals surface area contributed by atoms with Gasteiger partial charge in [0.1, 0.15) is 0 Å². The largest absolute Gasteiger partial charge is 0.465 e. The molecule has 17 heavy (non-hydrogen) atoms. The number of hydrogen-bond acceptors (Lipinski definition) is 2. The average molecular weight is 235 g/mol. The molecular formula is C13H17NO3. The molecule has 2 atom stereocenters. The predicted octanol–water partition coefficient (Wildman–Crippen LogP) is 1.59. The Kier molecular flexibility index (Phi) is 3.33. The maximum absolute atomic E-state index is 10.4. The minimum Gasteiger partial charge on any atom is -0.465 e. The predicted molar refractivity (Wildman–Crippen MR) is 64.0 cm³/mol. The standard InChI is InChI=1S/C13H17NO3/c15-9-11-8-13(11,6-7-14-12(16)17)10-4-2-1-3-5-10/h1-5,11,14-15H,6-9H2,(H,16,17)/t11-,13+/m0/s1. The summed E-state index contributed by atoms with van der Waals surface area (Å²) in [5.74, 6) is 0.264. The minimum atomic E-state index is -0.991. The second-order valence-electron chi connectivity index (χ2n) is 4.59. The SMILES string of the molecule is O=C(O)NCC[C@]1(c2ccccc2)C[C@H]1CO. The monoisotopic (exact) mass is 235 g/mol. The van der Waals surface area contributed by atoms with Gasteiger partial charge in [0.2, 0.25) is 0 Å². The van der Waals surface area contributed by atoms with Crippen LogP contribution in [0.2, 0.25) is 0 Å². The molecule has 1 fully saturated rings. The lowest BCUT2D eigenvalue weighted by Crippen LogP contribution is -2.26. The molecule has 4 heteroatoms. The lowest BCUT2D eigenvalue weighted by Gasteiger charge is -2.17. The first-order chi connectivity index (χ1) is 8.19. The molecule has 0 radical (unpaired) electrons. The van der Waals surface area contributed by atoms with Crippen LogP contribution in [0.5, 0.6) is 0 Å². The first-order valence-electron chi connectivity index (χ1n) is 5.82. The topological polar surface area (TPSA) is 69.6 Å². The van der Waals surface area contributed by atoms with E-state index in [1.165, 1.54) is 5.56 Å². The second kappa shape index (κ2) is 4.75. The molecule has 1 aliphatic carbocycles. The Bertz CT molecular complexity index is 393. The summed E-state index contributed by atoms with van der Waals surface area (Å²) in [6.45, 7) is 0.600. The van der Waals surface area contributed by atoms with Gasteiger partial charge in [0.05, 0.1) is 0 Å². The van der Waals surface area contributed by atoms with Crippen LogP contribution in [-0.4, -0.2) is 29.5 Å². The van der Waals surface area contributed by atoms with Crippen LogP contribution in [0.3, 0.4) is 0 Å². The molecule has 4 nitrogen and oxygen atoms in total. The number of amides is 1. The summed E-state index contributed by atoms with van der Waals surface area (Å²) >= 11 is 0. The van der Waals surface area contributed by atoms with Crippen LogP contribution < -0.4 is 5.32 Å². The Labute approximate surface area is 100 Å². The maximum Gasteiger partial charge on any atom is 0.404 e. The Morgan fingerprint density at radius 3 is 2.65 bits per heavy atom. The normalized spacial score (nSPS) is 26.5. The summed E-state index contributed by atoms with van der Waals surface area (Å²) in [5.41, 5.74) is 1.17. The Balaban J connectivity index is 2.05. The highest BCUT2D eigenvalue weighted by molar-refractivity contribution is 5.64. The van der Waals surface area contributed by atoms with Gasteiger partial charge in [-0.15, -0.1) is 0 Å². The van der Waals surface area contributed by atoms with E-state index in [-0.39, 0.29) is 17.9 Å². The van der Waals surface area contributed by atoms with Gasteiger partial charge in [-0.2, -0.15) is 0 Å². The van der Waals surface area contributed by atoms with Crippen LogP contribution in [0, 0.1) is 5.92 Å². The first-order valence-corrected chi connectivity index (χ1v) is 5.82. The Hall–Kier alpha value is -1.55. The van der Waals surface area contributed by atoms with E-state index < -0.39 is 6.09 Å². The first kappa shape index (κ1) is 11.9. The van der Waals surface area contributed by atoms with Crippen molar-refractivity contribution < 1.29 is 15.0 Å². The van der Waals surface area contributed by atoms with Gasteiger partial charge in [-0.05, 0) is 24.3 Å². The van der Waals surface area contributed by atoms with Gasteiger partial charge in [0.15, 0.2) is 0 Å². The zero-order valence-corrected chi connectivity index (χ0v) is 9.60. The summed E-state index contributed by atoms with van der Waals surface area (Å²) in [7, 11) is 0. The number of aliphatic hydroxyl groups excluding tert-OH is 1. The zero-order chi connectivity index (χ0) is 12.3. The molecule has 1 aromatic rings. The highest BCUT2D eigenvalue weighted by Gasteiger charge is 2.53. The molecule has 0 bridgehead atoms. The van der Waals surface area contributed by atoms with E-state index >= 15 is 0 Å². The van der Waals surface area contributed by atoms with E-state index in [2.05, 4.69) is 17.4 Å². The average Bonchev–Trinajstić information content (AvgIpc) is 3.05. The van der Waals surface area contributed by atoms with E-state index in [1.807, 2.05) is 18.2 Å². The van der Waals surface area contributed by atoms with E-state index in [9.17, 15) is 9.90 Å². The summed E-state index contributed by atoms with van der Waals surface area (Å²) in [6.07, 6.45) is 0.693. The van der Waals surface area contributed by atoms with Gasteiger partial charge in [0.25, 0.3) is 0 Å². The van der Waals surface area contributed by atoms with Crippen molar-refractivity contribution in [3.05, 3.63) is 35.9 Å². The molecule has 0 aromatic heterocycles. The van der Waals surface area contributed by atoms with Crippen molar-refractivity contribution in [1.29, 1.82) is 0 Å². The summed E-state index contributed by atoms with van der Waals surface area (Å²) in [5, 5.41) is 20.2. The highest BCUT2D eigenvalue weighted by atomic mass is 16.4. The van der Waals surface area contributed by atoms with Crippen LogP contribution in [-0.2, 0) is 5.41 Å². The molecule has 0 heterocycles. The smallest absolute Gasteiger partial charge is 0.404 e. The van der Waals surface area contributed by atoms with Crippen molar-refractivity contribution >= 4 is 6.09 Å². The van der Waals surface area contributed by atoms with Crippen LogP contribution in [0.4, 0.5) is 4.79 Å². The van der Waals surface area contributed by atoms with Crippen LogP contribution in [0.25, 0.3) is 0 Å². The van der Waals surface area contributed by atoms with Crippen molar-refractivity contribution in [3.8, 4) is 0 Å². The second-order valence-corrected chi connectivity index (χ2v) is 4.59. The fraction of sp³-hybridized carbons (Fsp3) is 0.462. The van der Waals surface area contributed by atoms with E-state index in [1.54, 1.807) is 0 Å². The van der Waals surface area contributed by atoms with Crippen LogP contribution >= 0.6 is 0 Å². The van der Waals surface area contributed by atoms with E-state index in [0.29, 0.717) is 6.54 Å². The number of aliphatic hydroxyl groups is 1. The fourth-order valence-corrected chi connectivity index (χ4v) is 2.59. The number of hydrogen-bond donors (Lipinski definition) is 3. The fourth-order valence-electron chi connectivity index (χ4n) is 2.59. The molecule has 92 valence electrons. The number of nitrogens with one attached hydrogen (secondary N) is 1. The van der Waals surface area contributed by atoms with E-state index in [4.69, 9.17) is 5.11 Å². The number of rotatable bonds is 5. The molecule has 3 N–H and O–H groups in total. The number of carbonyl (C=O) groups is 1. The highest BCUT2D eigenvalue weighted by Crippen LogP contribution is 2.56. The van der Waals surface area contributed by atoms with Crippen LogP contribution in [0.1, 0.15) is 18.4 Å². The lowest BCUT2D eigenvalue weighted by molar-refractivity contribution is 0.193. The van der Waals surface area contributed by atoms with Crippen molar-refractivity contribution in [2.45, 2.75) is 18.3 Å². The van der Waals surface area contributed by atoms with Gasteiger partial charge in [0, 0.05) is 18.6 Å². The van der Waals surface area contributed by atoms with Gasteiger partial charge < -0.3 is 15.5 Å². The molecule has 0 unspecified atom stereocenters. The third-order valence-electron chi connectivity index (χ3n) is 3.65. The molecule has 2 rings (SSSR count). The molecule has 0 saturated heterocycles. The summed E-state index contributed by atoms with van der Waals surface area (Å²) < 4.78 is 0. The van der Waals surface area contributed by atoms with Crippen molar-refractivity contribution in [3.63, 3.8) is 0 Å². The maximum atomic E-state index is 10.4. The third-order valence-corrected chi connectivity index (χ3v) is 3.65. The molecule has 1 aliphatic rings. The Morgan fingerprint density at radius 2 is 2.12 bits per heavy atom. The van der Waals surface area contributed by atoms with Gasteiger partial charge in [-0.1, -0.05) is 30.3 Å². The zero-order valence-electron chi connectivity index (χ0n) is 9.60. The molecule has 0 aliphatic heterocycles. The third kappa shape index (κ3) is 2.42. The molecule has 1 aromatic carbocycles. The Morgan fingerprint density at radius 1 is 1.41 bits per heavy atom. The lowest BCUT2D eigenvalue weighted by atomic mass is 9.90. The van der Waals surface area contributed by atoms with E-state index in [0.717, 1.165) is 12.8 Å². The molecule has 0 spiro atoms.